The summed E-state index contributed by atoms with van der Waals surface area (Å²) >= 11 is 0. The predicted molar refractivity (Wildman–Crippen MR) is 67.7 cm³/mol. The summed E-state index contributed by atoms with van der Waals surface area (Å²) in [6.07, 6.45) is 0. The second-order valence-electron chi connectivity index (χ2n) is 3.76. The molecule has 0 bridgehead atoms. The Kier molecular flexibility index (Phi) is 4.93. The zero-order valence-electron chi connectivity index (χ0n) is 10.4. The molecule has 17 heavy (non-hydrogen) atoms. The SMILES string of the molecule is CCOc1ccc(C(C)NN)cc1NC(C)=O. The van der Waals surface area contributed by atoms with Crippen molar-refractivity contribution in [2.24, 2.45) is 5.84 Å². The number of nitrogens with two attached hydrogens (primary N) is 1. The minimum absolute atomic E-state index is 0.0122. The largest absolute Gasteiger partial charge is 0.492 e. The number of anilines is 1. The van der Waals surface area contributed by atoms with Gasteiger partial charge in [-0.3, -0.25) is 16.1 Å². The van der Waals surface area contributed by atoms with Crippen LogP contribution in [0.5, 0.6) is 5.75 Å². The number of benzene rings is 1. The Balaban J connectivity index is 3.04. The van der Waals surface area contributed by atoms with Crippen molar-refractivity contribution in [2.75, 3.05) is 11.9 Å². The molecule has 5 heteroatoms. The second kappa shape index (κ2) is 6.22. The van der Waals surface area contributed by atoms with E-state index in [0.717, 1.165) is 5.56 Å². The van der Waals surface area contributed by atoms with Crippen LogP contribution in [0.4, 0.5) is 5.69 Å². The number of ether oxygens (including phenoxy) is 1. The van der Waals surface area contributed by atoms with Gasteiger partial charge in [0.1, 0.15) is 5.75 Å². The van der Waals surface area contributed by atoms with Crippen LogP contribution in [0.1, 0.15) is 32.4 Å². The minimum atomic E-state index is -0.128. The van der Waals surface area contributed by atoms with E-state index >= 15 is 0 Å². The summed E-state index contributed by atoms with van der Waals surface area (Å²) in [6, 6.07) is 5.62. The van der Waals surface area contributed by atoms with Crippen molar-refractivity contribution in [2.45, 2.75) is 26.8 Å². The molecular weight excluding hydrogens is 218 g/mol. The first kappa shape index (κ1) is 13.5. The van der Waals surface area contributed by atoms with Crippen molar-refractivity contribution < 1.29 is 9.53 Å². The van der Waals surface area contributed by atoms with Crippen molar-refractivity contribution in [3.05, 3.63) is 23.8 Å². The van der Waals surface area contributed by atoms with Crippen molar-refractivity contribution in [1.82, 2.24) is 5.43 Å². The van der Waals surface area contributed by atoms with Crippen LogP contribution >= 0.6 is 0 Å². The maximum absolute atomic E-state index is 11.1. The van der Waals surface area contributed by atoms with E-state index in [1.54, 1.807) is 0 Å². The van der Waals surface area contributed by atoms with E-state index in [9.17, 15) is 4.79 Å². The second-order valence-corrected chi connectivity index (χ2v) is 3.76. The van der Waals surface area contributed by atoms with Gasteiger partial charge in [0.2, 0.25) is 5.91 Å². The number of carbonyl (C=O) groups is 1. The Hall–Kier alpha value is -1.59. The zero-order valence-corrected chi connectivity index (χ0v) is 10.4. The predicted octanol–water partition coefficient (Wildman–Crippen LogP) is 1.57. The van der Waals surface area contributed by atoms with Gasteiger partial charge in [0, 0.05) is 13.0 Å². The van der Waals surface area contributed by atoms with Crippen LogP contribution in [-0.4, -0.2) is 12.5 Å². The van der Waals surface area contributed by atoms with Gasteiger partial charge in [0.25, 0.3) is 0 Å². The normalized spacial score (nSPS) is 12.0. The molecule has 0 aliphatic heterocycles. The Bertz CT molecular complexity index is 393. The van der Waals surface area contributed by atoms with Crippen LogP contribution in [0, 0.1) is 0 Å². The van der Waals surface area contributed by atoms with Gasteiger partial charge >= 0.3 is 0 Å². The van der Waals surface area contributed by atoms with Crippen LogP contribution in [0.15, 0.2) is 18.2 Å². The zero-order chi connectivity index (χ0) is 12.8. The fraction of sp³-hybridized carbons (Fsp3) is 0.417. The van der Waals surface area contributed by atoms with Crippen LogP contribution in [0.3, 0.4) is 0 Å². The summed E-state index contributed by atoms with van der Waals surface area (Å²) in [5, 5.41) is 2.75. The van der Waals surface area contributed by atoms with Crippen molar-refractivity contribution >= 4 is 11.6 Å². The number of rotatable bonds is 5. The van der Waals surface area contributed by atoms with Gasteiger partial charge in [0.15, 0.2) is 0 Å². The summed E-state index contributed by atoms with van der Waals surface area (Å²) in [6.45, 7) is 5.85. The minimum Gasteiger partial charge on any atom is -0.492 e. The topological polar surface area (TPSA) is 76.4 Å². The lowest BCUT2D eigenvalue weighted by Crippen LogP contribution is -2.25. The third-order valence-electron chi connectivity index (χ3n) is 2.36. The van der Waals surface area contributed by atoms with Crippen LogP contribution in [-0.2, 0) is 4.79 Å². The molecule has 0 fully saturated rings. The van der Waals surface area contributed by atoms with Gasteiger partial charge in [-0.05, 0) is 31.5 Å². The first-order valence-electron chi connectivity index (χ1n) is 5.59. The smallest absolute Gasteiger partial charge is 0.221 e. The molecule has 0 radical (unpaired) electrons. The van der Waals surface area contributed by atoms with E-state index in [1.807, 2.05) is 32.0 Å². The molecule has 1 amide bonds. The third kappa shape index (κ3) is 3.72. The number of hydrazine groups is 1. The maximum atomic E-state index is 11.1. The molecule has 0 heterocycles. The van der Waals surface area contributed by atoms with Gasteiger partial charge in [-0.25, -0.2) is 0 Å². The lowest BCUT2D eigenvalue weighted by molar-refractivity contribution is -0.114. The molecule has 1 aromatic rings. The average molecular weight is 237 g/mol. The van der Waals surface area contributed by atoms with E-state index < -0.39 is 0 Å². The highest BCUT2D eigenvalue weighted by Gasteiger charge is 2.09. The van der Waals surface area contributed by atoms with Gasteiger partial charge < -0.3 is 10.1 Å². The van der Waals surface area contributed by atoms with E-state index in [0.29, 0.717) is 18.0 Å². The van der Waals surface area contributed by atoms with Gasteiger partial charge in [0.05, 0.1) is 12.3 Å². The number of hydrogen-bond donors (Lipinski definition) is 3. The van der Waals surface area contributed by atoms with Crippen molar-refractivity contribution in [3.8, 4) is 5.75 Å². The summed E-state index contributed by atoms with van der Waals surface area (Å²) in [5.41, 5.74) is 4.31. The monoisotopic (exact) mass is 237 g/mol. The van der Waals surface area contributed by atoms with Crippen molar-refractivity contribution in [1.29, 1.82) is 0 Å². The number of carbonyl (C=O) groups excluding carboxylic acids is 1. The third-order valence-corrected chi connectivity index (χ3v) is 2.36. The molecule has 0 aromatic heterocycles. The van der Waals surface area contributed by atoms with E-state index in [4.69, 9.17) is 10.6 Å². The van der Waals surface area contributed by atoms with E-state index in [1.165, 1.54) is 6.92 Å². The quantitative estimate of drug-likeness (QED) is 0.536. The van der Waals surface area contributed by atoms with Crippen LogP contribution < -0.4 is 21.3 Å². The molecule has 0 aliphatic carbocycles. The molecule has 1 rings (SSSR count). The molecular formula is C12H19N3O2. The van der Waals surface area contributed by atoms with E-state index in [2.05, 4.69) is 10.7 Å². The summed E-state index contributed by atoms with van der Waals surface area (Å²) in [5.74, 6) is 5.92. The van der Waals surface area contributed by atoms with E-state index in [-0.39, 0.29) is 11.9 Å². The molecule has 0 aliphatic rings. The average Bonchev–Trinajstić information content (AvgIpc) is 2.30. The summed E-state index contributed by atoms with van der Waals surface area (Å²) in [4.78, 5) is 11.1. The lowest BCUT2D eigenvalue weighted by atomic mass is 10.1. The van der Waals surface area contributed by atoms with Gasteiger partial charge in [-0.15, -0.1) is 0 Å². The molecule has 94 valence electrons. The standard InChI is InChI=1S/C12H19N3O2/c1-4-17-12-6-5-10(8(2)15-13)7-11(12)14-9(3)16/h5-8,15H,4,13H2,1-3H3,(H,14,16). The number of amides is 1. The Morgan fingerprint density at radius 2 is 2.24 bits per heavy atom. The molecule has 4 N–H and O–H groups in total. The Labute approximate surface area is 101 Å². The van der Waals surface area contributed by atoms with Crippen LogP contribution in [0.25, 0.3) is 0 Å². The highest BCUT2D eigenvalue weighted by atomic mass is 16.5. The van der Waals surface area contributed by atoms with Gasteiger partial charge in [-0.2, -0.15) is 0 Å². The van der Waals surface area contributed by atoms with Gasteiger partial charge in [-0.1, -0.05) is 6.07 Å². The lowest BCUT2D eigenvalue weighted by Gasteiger charge is -2.15. The molecule has 0 saturated carbocycles. The molecule has 0 spiro atoms. The molecule has 1 atom stereocenters. The maximum Gasteiger partial charge on any atom is 0.221 e. The highest BCUT2D eigenvalue weighted by Crippen LogP contribution is 2.28. The molecule has 5 nitrogen and oxygen atoms in total. The Morgan fingerprint density at radius 3 is 2.76 bits per heavy atom. The fourth-order valence-electron chi connectivity index (χ4n) is 1.48. The molecule has 1 unspecified atom stereocenters. The highest BCUT2D eigenvalue weighted by molar-refractivity contribution is 5.90. The molecule has 1 aromatic carbocycles. The first-order chi connectivity index (χ1) is 8.08. The first-order valence-corrected chi connectivity index (χ1v) is 5.59. The summed E-state index contributed by atoms with van der Waals surface area (Å²) in [7, 11) is 0. The fourth-order valence-corrected chi connectivity index (χ4v) is 1.48. The summed E-state index contributed by atoms with van der Waals surface area (Å²) < 4.78 is 5.44. The van der Waals surface area contributed by atoms with Crippen LogP contribution in [0.2, 0.25) is 0 Å². The van der Waals surface area contributed by atoms with Crippen molar-refractivity contribution in [3.63, 3.8) is 0 Å². The number of hydrogen-bond acceptors (Lipinski definition) is 4. The Morgan fingerprint density at radius 1 is 1.53 bits per heavy atom. The molecule has 0 saturated heterocycles. The number of nitrogens with one attached hydrogen (secondary N) is 2.